The number of anilines is 1. The standard InChI is InChI=1S/C22H26F3N3OS/c1-3-9-28(16-20-8-5-14-30-20)21(29)17(2)26-10-12-27(13-11-26)19-7-4-6-18(15-19)22(23,24)25/h3-8,14-15,17H,1,9-13,16H2,2H3. The maximum Gasteiger partial charge on any atom is 0.416 e. The fourth-order valence-electron chi connectivity index (χ4n) is 3.65. The number of hydrogen-bond donors (Lipinski definition) is 0. The quantitative estimate of drug-likeness (QED) is 0.597. The predicted octanol–water partition coefficient (Wildman–Crippen LogP) is 4.49. The second-order valence-electron chi connectivity index (χ2n) is 7.33. The number of alkyl halides is 3. The van der Waals surface area contributed by atoms with Gasteiger partial charge in [0, 0.05) is 43.3 Å². The Bertz CT molecular complexity index is 846. The monoisotopic (exact) mass is 437 g/mol. The van der Waals surface area contributed by atoms with E-state index < -0.39 is 11.7 Å². The third-order valence-electron chi connectivity index (χ3n) is 5.35. The zero-order chi connectivity index (χ0) is 21.7. The first-order chi connectivity index (χ1) is 14.3. The molecule has 1 aromatic heterocycles. The topological polar surface area (TPSA) is 26.8 Å². The average molecular weight is 438 g/mol. The summed E-state index contributed by atoms with van der Waals surface area (Å²) in [6, 6.07) is 9.09. The minimum absolute atomic E-state index is 0.0378. The normalized spacial score (nSPS) is 16.3. The molecule has 2 heterocycles. The first kappa shape index (κ1) is 22.4. The van der Waals surface area contributed by atoms with E-state index in [-0.39, 0.29) is 11.9 Å². The van der Waals surface area contributed by atoms with Gasteiger partial charge in [-0.3, -0.25) is 9.69 Å². The molecule has 1 aromatic carbocycles. The summed E-state index contributed by atoms with van der Waals surface area (Å²) in [4.78, 5) is 20.0. The number of piperazine rings is 1. The number of thiophene rings is 1. The molecular formula is C22H26F3N3OS. The Morgan fingerprint density at radius 3 is 2.57 bits per heavy atom. The van der Waals surface area contributed by atoms with Crippen molar-refractivity contribution in [3.05, 3.63) is 64.9 Å². The van der Waals surface area contributed by atoms with Gasteiger partial charge < -0.3 is 9.80 Å². The lowest BCUT2D eigenvalue weighted by Crippen LogP contribution is -2.54. The van der Waals surface area contributed by atoms with Crippen LogP contribution in [0.15, 0.2) is 54.4 Å². The second kappa shape index (κ2) is 9.66. The van der Waals surface area contributed by atoms with E-state index in [4.69, 9.17) is 0 Å². The molecule has 162 valence electrons. The number of benzene rings is 1. The second-order valence-corrected chi connectivity index (χ2v) is 8.37. The van der Waals surface area contributed by atoms with Crippen LogP contribution in [-0.2, 0) is 17.5 Å². The zero-order valence-corrected chi connectivity index (χ0v) is 17.8. The van der Waals surface area contributed by atoms with Gasteiger partial charge in [-0.2, -0.15) is 13.2 Å². The van der Waals surface area contributed by atoms with Crippen molar-refractivity contribution in [1.82, 2.24) is 9.80 Å². The van der Waals surface area contributed by atoms with Crippen LogP contribution in [0, 0.1) is 0 Å². The fraction of sp³-hybridized carbons (Fsp3) is 0.409. The Morgan fingerprint density at radius 2 is 1.97 bits per heavy atom. The smallest absolute Gasteiger partial charge is 0.369 e. The lowest BCUT2D eigenvalue weighted by Gasteiger charge is -2.40. The first-order valence-electron chi connectivity index (χ1n) is 9.88. The molecule has 0 radical (unpaired) electrons. The van der Waals surface area contributed by atoms with Crippen LogP contribution in [0.2, 0.25) is 0 Å². The number of carbonyl (C=O) groups is 1. The Hall–Kier alpha value is -2.32. The Balaban J connectivity index is 1.61. The maximum atomic E-state index is 13.1. The third-order valence-corrected chi connectivity index (χ3v) is 6.21. The molecule has 1 aliphatic heterocycles. The van der Waals surface area contributed by atoms with E-state index in [2.05, 4.69) is 11.5 Å². The van der Waals surface area contributed by atoms with E-state index in [0.717, 1.165) is 10.9 Å². The number of amides is 1. The van der Waals surface area contributed by atoms with Gasteiger partial charge in [0.2, 0.25) is 5.91 Å². The molecule has 0 spiro atoms. The molecule has 1 atom stereocenters. The number of carbonyl (C=O) groups excluding carboxylic acids is 1. The van der Waals surface area contributed by atoms with Crippen molar-refractivity contribution < 1.29 is 18.0 Å². The lowest BCUT2D eigenvalue weighted by molar-refractivity contribution is -0.138. The number of hydrogen-bond acceptors (Lipinski definition) is 4. The zero-order valence-electron chi connectivity index (χ0n) is 16.9. The van der Waals surface area contributed by atoms with E-state index in [1.807, 2.05) is 29.3 Å². The van der Waals surface area contributed by atoms with Crippen molar-refractivity contribution in [3.8, 4) is 0 Å². The van der Waals surface area contributed by atoms with Crippen LogP contribution in [0.25, 0.3) is 0 Å². The van der Waals surface area contributed by atoms with E-state index in [1.54, 1.807) is 28.4 Å². The third kappa shape index (κ3) is 5.43. The molecule has 30 heavy (non-hydrogen) atoms. The Kier molecular flexibility index (Phi) is 7.20. The molecule has 0 N–H and O–H groups in total. The molecule has 1 amide bonds. The molecule has 1 saturated heterocycles. The summed E-state index contributed by atoms with van der Waals surface area (Å²) >= 11 is 1.61. The van der Waals surface area contributed by atoms with Gasteiger partial charge >= 0.3 is 6.18 Å². The van der Waals surface area contributed by atoms with Crippen LogP contribution >= 0.6 is 11.3 Å². The van der Waals surface area contributed by atoms with Crippen LogP contribution in [0.1, 0.15) is 17.4 Å². The summed E-state index contributed by atoms with van der Waals surface area (Å²) < 4.78 is 39.0. The summed E-state index contributed by atoms with van der Waals surface area (Å²) in [7, 11) is 0. The molecule has 0 saturated carbocycles. The van der Waals surface area contributed by atoms with E-state index in [9.17, 15) is 18.0 Å². The van der Waals surface area contributed by atoms with Crippen LogP contribution in [0.5, 0.6) is 0 Å². The van der Waals surface area contributed by atoms with Crippen LogP contribution in [0.4, 0.5) is 18.9 Å². The van der Waals surface area contributed by atoms with Crippen molar-refractivity contribution in [2.45, 2.75) is 25.7 Å². The van der Waals surface area contributed by atoms with Crippen molar-refractivity contribution >= 4 is 22.9 Å². The number of nitrogens with zero attached hydrogens (tertiary/aromatic N) is 3. The highest BCUT2D eigenvalue weighted by molar-refractivity contribution is 7.09. The molecule has 1 aliphatic rings. The average Bonchev–Trinajstić information content (AvgIpc) is 3.25. The highest BCUT2D eigenvalue weighted by Gasteiger charge is 2.32. The molecule has 1 fully saturated rings. The maximum absolute atomic E-state index is 13.1. The largest absolute Gasteiger partial charge is 0.416 e. The highest BCUT2D eigenvalue weighted by Crippen LogP contribution is 2.32. The van der Waals surface area contributed by atoms with Crippen LogP contribution in [-0.4, -0.2) is 54.5 Å². The van der Waals surface area contributed by atoms with Gasteiger partial charge in [0.1, 0.15) is 0 Å². The van der Waals surface area contributed by atoms with Gasteiger partial charge in [0.25, 0.3) is 0 Å². The van der Waals surface area contributed by atoms with Gasteiger partial charge in [-0.05, 0) is 36.6 Å². The summed E-state index contributed by atoms with van der Waals surface area (Å²) in [6.07, 6.45) is -2.63. The Labute approximate surface area is 179 Å². The molecule has 8 heteroatoms. The fourth-order valence-corrected chi connectivity index (χ4v) is 4.37. The van der Waals surface area contributed by atoms with Crippen LogP contribution in [0.3, 0.4) is 0 Å². The number of rotatable bonds is 7. The van der Waals surface area contributed by atoms with E-state index >= 15 is 0 Å². The molecule has 2 aromatic rings. The van der Waals surface area contributed by atoms with E-state index in [1.165, 1.54) is 12.1 Å². The summed E-state index contributed by atoms with van der Waals surface area (Å²) in [6.45, 7) is 9.07. The molecule has 3 rings (SSSR count). The van der Waals surface area contributed by atoms with Crippen molar-refractivity contribution in [3.63, 3.8) is 0 Å². The van der Waals surface area contributed by atoms with Crippen molar-refractivity contribution in [1.29, 1.82) is 0 Å². The van der Waals surface area contributed by atoms with Gasteiger partial charge in [-0.25, -0.2) is 0 Å². The van der Waals surface area contributed by atoms with Gasteiger partial charge in [0.15, 0.2) is 0 Å². The van der Waals surface area contributed by atoms with Crippen molar-refractivity contribution in [2.24, 2.45) is 0 Å². The van der Waals surface area contributed by atoms with Gasteiger partial charge in [-0.1, -0.05) is 18.2 Å². The summed E-state index contributed by atoms with van der Waals surface area (Å²) in [5.41, 5.74) is -0.0750. The molecule has 4 nitrogen and oxygen atoms in total. The Morgan fingerprint density at radius 1 is 1.23 bits per heavy atom. The molecule has 0 bridgehead atoms. The molecule has 1 unspecified atom stereocenters. The van der Waals surface area contributed by atoms with E-state index in [0.29, 0.717) is 45.0 Å². The molecular weight excluding hydrogens is 411 g/mol. The summed E-state index contributed by atoms with van der Waals surface area (Å²) in [5.74, 6) is 0.0378. The number of halogens is 3. The SMILES string of the molecule is C=CCN(Cc1cccs1)C(=O)C(C)N1CCN(c2cccc(C(F)(F)F)c2)CC1. The van der Waals surface area contributed by atoms with Gasteiger partial charge in [-0.15, -0.1) is 17.9 Å². The van der Waals surface area contributed by atoms with Crippen LogP contribution < -0.4 is 4.90 Å². The van der Waals surface area contributed by atoms with Crippen molar-refractivity contribution in [2.75, 3.05) is 37.6 Å². The van der Waals surface area contributed by atoms with Gasteiger partial charge in [0.05, 0.1) is 18.2 Å². The molecule has 0 aliphatic carbocycles. The first-order valence-corrected chi connectivity index (χ1v) is 10.8. The minimum atomic E-state index is -4.35. The predicted molar refractivity (Wildman–Crippen MR) is 115 cm³/mol. The highest BCUT2D eigenvalue weighted by atomic mass is 32.1. The minimum Gasteiger partial charge on any atom is -0.369 e. The summed E-state index contributed by atoms with van der Waals surface area (Å²) in [5, 5.41) is 1.99. The lowest BCUT2D eigenvalue weighted by atomic mass is 10.1.